The van der Waals surface area contributed by atoms with Gasteiger partial charge >= 0.3 is 6.03 Å². The molecule has 0 fully saturated rings. The van der Waals surface area contributed by atoms with Crippen molar-refractivity contribution in [2.75, 3.05) is 5.32 Å². The second-order valence-electron chi connectivity index (χ2n) is 6.17. The second kappa shape index (κ2) is 7.47. The summed E-state index contributed by atoms with van der Waals surface area (Å²) in [5, 5.41) is 9.48. The van der Waals surface area contributed by atoms with E-state index in [4.69, 9.17) is 11.6 Å². The van der Waals surface area contributed by atoms with Crippen molar-refractivity contribution in [1.29, 1.82) is 0 Å². The Morgan fingerprint density at radius 2 is 1.85 bits per heavy atom. The van der Waals surface area contributed by atoms with Gasteiger partial charge < -0.3 is 15.2 Å². The first-order valence-electron chi connectivity index (χ1n) is 8.54. The number of aromatic nitrogens is 1. The molecule has 0 atom stereocenters. The standard InChI is InChI=1S/C21H18ClN3OS/c1-25-18-10-5-2-7-14(18)15(20(25)19-11-6-12-27-19)13-23-21(26)24-17-9-4-3-8-16(17)22/h2-12H,13H2,1H3,(H2,23,24,26). The van der Waals surface area contributed by atoms with Crippen molar-refractivity contribution in [3.63, 3.8) is 0 Å². The Labute approximate surface area is 166 Å². The molecule has 0 aliphatic carbocycles. The van der Waals surface area contributed by atoms with Crippen LogP contribution in [0.4, 0.5) is 10.5 Å². The van der Waals surface area contributed by atoms with Crippen molar-refractivity contribution in [1.82, 2.24) is 9.88 Å². The Morgan fingerprint density at radius 3 is 2.63 bits per heavy atom. The van der Waals surface area contributed by atoms with E-state index in [1.165, 1.54) is 4.88 Å². The van der Waals surface area contributed by atoms with Gasteiger partial charge in [-0.05, 0) is 29.6 Å². The summed E-state index contributed by atoms with van der Waals surface area (Å²) >= 11 is 7.81. The Morgan fingerprint density at radius 1 is 1.07 bits per heavy atom. The van der Waals surface area contributed by atoms with E-state index in [9.17, 15) is 4.79 Å². The molecule has 6 heteroatoms. The van der Waals surface area contributed by atoms with Gasteiger partial charge in [0.25, 0.3) is 0 Å². The smallest absolute Gasteiger partial charge is 0.319 e. The van der Waals surface area contributed by atoms with Gasteiger partial charge in [-0.3, -0.25) is 0 Å². The number of carbonyl (C=O) groups is 1. The van der Waals surface area contributed by atoms with Crippen LogP contribution in [0, 0.1) is 0 Å². The Balaban J connectivity index is 1.63. The highest BCUT2D eigenvalue weighted by atomic mass is 35.5. The number of rotatable bonds is 4. The van der Waals surface area contributed by atoms with Gasteiger partial charge in [-0.15, -0.1) is 11.3 Å². The van der Waals surface area contributed by atoms with Crippen LogP contribution in [0.25, 0.3) is 21.5 Å². The normalized spacial score (nSPS) is 10.9. The van der Waals surface area contributed by atoms with Gasteiger partial charge in [-0.2, -0.15) is 0 Å². The van der Waals surface area contributed by atoms with E-state index in [1.54, 1.807) is 23.5 Å². The summed E-state index contributed by atoms with van der Waals surface area (Å²) in [5.74, 6) is 0. The van der Waals surface area contributed by atoms with Crippen molar-refractivity contribution in [3.05, 3.63) is 76.6 Å². The summed E-state index contributed by atoms with van der Waals surface area (Å²) in [4.78, 5) is 13.6. The molecule has 0 spiro atoms. The van der Waals surface area contributed by atoms with Gasteiger partial charge in [-0.1, -0.05) is 48.0 Å². The summed E-state index contributed by atoms with van der Waals surface area (Å²) in [6.07, 6.45) is 0. The van der Waals surface area contributed by atoms with E-state index >= 15 is 0 Å². The molecule has 2 N–H and O–H groups in total. The first kappa shape index (κ1) is 17.6. The molecule has 0 saturated heterocycles. The number of thiophene rings is 1. The van der Waals surface area contributed by atoms with Crippen LogP contribution in [0.15, 0.2) is 66.0 Å². The highest BCUT2D eigenvalue weighted by Crippen LogP contribution is 2.35. The highest BCUT2D eigenvalue weighted by Gasteiger charge is 2.17. The maximum atomic E-state index is 12.4. The quantitative estimate of drug-likeness (QED) is 0.445. The molecule has 0 aliphatic rings. The number of hydrogen-bond acceptors (Lipinski definition) is 2. The molecule has 2 aromatic heterocycles. The summed E-state index contributed by atoms with van der Waals surface area (Å²) < 4.78 is 2.18. The minimum atomic E-state index is -0.284. The summed E-state index contributed by atoms with van der Waals surface area (Å²) in [5.41, 5.74) is 3.96. The molecular weight excluding hydrogens is 378 g/mol. The zero-order valence-corrected chi connectivity index (χ0v) is 16.3. The fourth-order valence-electron chi connectivity index (χ4n) is 3.28. The Bertz CT molecular complexity index is 1100. The van der Waals surface area contributed by atoms with Gasteiger partial charge in [0, 0.05) is 30.1 Å². The topological polar surface area (TPSA) is 46.1 Å². The molecule has 4 aromatic rings. The van der Waals surface area contributed by atoms with Crippen LogP contribution in [-0.2, 0) is 13.6 Å². The molecule has 4 rings (SSSR count). The molecule has 2 aromatic carbocycles. The van der Waals surface area contributed by atoms with E-state index in [2.05, 4.69) is 45.8 Å². The second-order valence-corrected chi connectivity index (χ2v) is 7.52. The number of nitrogens with zero attached hydrogens (tertiary/aromatic N) is 1. The first-order chi connectivity index (χ1) is 13.1. The van der Waals surface area contributed by atoms with Crippen LogP contribution in [0.5, 0.6) is 0 Å². The van der Waals surface area contributed by atoms with Crippen molar-refractivity contribution in [3.8, 4) is 10.6 Å². The molecule has 4 nitrogen and oxygen atoms in total. The van der Waals surface area contributed by atoms with Gasteiger partial charge in [0.05, 0.1) is 21.3 Å². The Kier molecular flexibility index (Phi) is 4.88. The third-order valence-corrected chi connectivity index (χ3v) is 5.72. The van der Waals surface area contributed by atoms with Crippen molar-refractivity contribution in [2.24, 2.45) is 7.05 Å². The zero-order valence-electron chi connectivity index (χ0n) is 14.7. The minimum absolute atomic E-state index is 0.284. The number of urea groups is 1. The fourth-order valence-corrected chi connectivity index (χ4v) is 4.29. The van der Waals surface area contributed by atoms with Crippen molar-refractivity contribution >= 4 is 45.6 Å². The molecule has 2 amide bonds. The minimum Gasteiger partial charge on any atom is -0.343 e. The number of amides is 2. The molecule has 136 valence electrons. The van der Waals surface area contributed by atoms with Crippen LogP contribution in [0.1, 0.15) is 5.56 Å². The molecular formula is C21H18ClN3OS. The first-order valence-corrected chi connectivity index (χ1v) is 9.80. The Hall–Kier alpha value is -2.76. The molecule has 27 heavy (non-hydrogen) atoms. The molecule has 0 aliphatic heterocycles. The molecule has 2 heterocycles. The number of halogens is 1. The van der Waals surface area contributed by atoms with Crippen LogP contribution < -0.4 is 10.6 Å². The highest BCUT2D eigenvalue weighted by molar-refractivity contribution is 7.13. The average Bonchev–Trinajstić information content (AvgIpc) is 3.29. The number of anilines is 1. The SMILES string of the molecule is Cn1c(-c2cccs2)c(CNC(=O)Nc2ccccc2Cl)c2ccccc21. The zero-order chi connectivity index (χ0) is 18.8. The van der Waals surface area contributed by atoms with E-state index in [1.807, 2.05) is 30.3 Å². The van der Waals surface area contributed by atoms with Gasteiger partial charge in [0.2, 0.25) is 0 Å². The van der Waals surface area contributed by atoms with Gasteiger partial charge in [-0.25, -0.2) is 4.79 Å². The summed E-state index contributed by atoms with van der Waals surface area (Å²) in [6, 6.07) is 19.3. The molecule has 0 saturated carbocycles. The predicted octanol–water partition coefficient (Wildman–Crippen LogP) is 5.88. The van der Waals surface area contributed by atoms with E-state index in [0.29, 0.717) is 17.3 Å². The number of aryl methyl sites for hydroxylation is 1. The summed E-state index contributed by atoms with van der Waals surface area (Å²) in [6.45, 7) is 0.422. The van der Waals surface area contributed by atoms with E-state index < -0.39 is 0 Å². The lowest BCUT2D eigenvalue weighted by molar-refractivity contribution is 0.252. The van der Waals surface area contributed by atoms with Crippen LogP contribution in [0.3, 0.4) is 0 Å². The predicted molar refractivity (Wildman–Crippen MR) is 114 cm³/mol. The number of benzene rings is 2. The average molecular weight is 396 g/mol. The van der Waals surface area contributed by atoms with Crippen molar-refractivity contribution in [2.45, 2.75) is 6.54 Å². The number of carbonyl (C=O) groups excluding carboxylic acids is 1. The van der Waals surface area contributed by atoms with Gasteiger partial charge in [0.15, 0.2) is 0 Å². The van der Waals surface area contributed by atoms with Crippen LogP contribution in [0.2, 0.25) is 5.02 Å². The molecule has 0 unspecified atom stereocenters. The maximum Gasteiger partial charge on any atom is 0.319 e. The number of fused-ring (bicyclic) bond motifs is 1. The van der Waals surface area contributed by atoms with E-state index in [-0.39, 0.29) is 6.03 Å². The number of para-hydroxylation sites is 2. The lowest BCUT2D eigenvalue weighted by atomic mass is 10.1. The van der Waals surface area contributed by atoms with Gasteiger partial charge in [0.1, 0.15) is 0 Å². The maximum absolute atomic E-state index is 12.4. The third kappa shape index (κ3) is 3.44. The third-order valence-electron chi connectivity index (χ3n) is 4.51. The molecule has 0 bridgehead atoms. The van der Waals surface area contributed by atoms with Crippen LogP contribution in [-0.4, -0.2) is 10.6 Å². The van der Waals surface area contributed by atoms with E-state index in [0.717, 1.165) is 22.2 Å². The fraction of sp³-hybridized carbons (Fsp3) is 0.0952. The monoisotopic (exact) mass is 395 g/mol. The summed E-state index contributed by atoms with van der Waals surface area (Å²) in [7, 11) is 2.06. The largest absolute Gasteiger partial charge is 0.343 e. The van der Waals surface area contributed by atoms with Crippen molar-refractivity contribution < 1.29 is 4.79 Å². The lowest BCUT2D eigenvalue weighted by Gasteiger charge is -2.10. The number of hydrogen-bond donors (Lipinski definition) is 2. The number of nitrogens with one attached hydrogen (secondary N) is 2. The lowest BCUT2D eigenvalue weighted by Crippen LogP contribution is -2.28. The molecule has 0 radical (unpaired) electrons. The van der Waals surface area contributed by atoms with Crippen LogP contribution >= 0.6 is 22.9 Å².